The van der Waals surface area contributed by atoms with Crippen LogP contribution in [0, 0.1) is 40.4 Å². The highest BCUT2D eigenvalue weighted by molar-refractivity contribution is 5.91. The van der Waals surface area contributed by atoms with E-state index in [-0.39, 0.29) is 0 Å². The zero-order valence-electron chi connectivity index (χ0n) is 18.9. The van der Waals surface area contributed by atoms with Crippen molar-refractivity contribution in [3.63, 3.8) is 0 Å². The third-order valence-electron chi connectivity index (χ3n) is 9.99. The minimum absolute atomic E-state index is 0.323. The van der Waals surface area contributed by atoms with Crippen LogP contribution in [0.1, 0.15) is 98.3 Å². The van der Waals surface area contributed by atoms with Crippen LogP contribution < -0.4 is 0 Å². The number of hydrogen-bond donors (Lipinski definition) is 0. The summed E-state index contributed by atoms with van der Waals surface area (Å²) in [5.74, 6) is 4.82. The molecule has 0 aromatic carbocycles. The van der Waals surface area contributed by atoms with Gasteiger partial charge in [-0.2, -0.15) is 0 Å². The van der Waals surface area contributed by atoms with Crippen LogP contribution >= 0.6 is 0 Å². The summed E-state index contributed by atoms with van der Waals surface area (Å²) in [6.07, 6.45) is 16.1. The van der Waals surface area contributed by atoms with Crippen LogP contribution in [0.25, 0.3) is 0 Å². The first-order valence-electron chi connectivity index (χ1n) is 12.1. The van der Waals surface area contributed by atoms with Gasteiger partial charge in [-0.25, -0.2) is 0 Å². The lowest BCUT2D eigenvalue weighted by Crippen LogP contribution is -2.50. The van der Waals surface area contributed by atoms with Gasteiger partial charge in [0.1, 0.15) is 0 Å². The molecule has 0 amide bonds. The Hall–Kier alpha value is -0.850. The number of carbonyl (C=O) groups is 1. The van der Waals surface area contributed by atoms with E-state index < -0.39 is 0 Å². The number of fused-ring (bicyclic) bond motifs is 5. The molecule has 3 saturated carbocycles. The van der Waals surface area contributed by atoms with E-state index in [0.29, 0.717) is 16.6 Å². The molecule has 4 aliphatic carbocycles. The van der Waals surface area contributed by atoms with E-state index in [1.165, 1.54) is 68.9 Å². The van der Waals surface area contributed by atoms with Crippen LogP contribution in [-0.4, -0.2) is 5.78 Å². The molecular weight excluding hydrogens is 340 g/mol. The van der Waals surface area contributed by atoms with E-state index in [9.17, 15) is 4.79 Å². The Morgan fingerprint density at radius 1 is 1.14 bits per heavy atom. The lowest BCUT2D eigenvalue weighted by atomic mass is 9.46. The molecule has 156 valence electrons. The standard InChI is InChI=1S/C27H42O/c1-18(2)7-6-8-19(3)23-11-12-24-22-10-9-20-17-21(28)13-15-26(20,4)25(22)14-16-27(23,24)5/h17,19,22-25H,1,6-16H2,2-5H3/t19-,22+,23-,24+,25+,26+,27-/m1/s1. The molecule has 0 saturated heterocycles. The predicted octanol–water partition coefficient (Wildman–Crippen LogP) is 7.52. The minimum atomic E-state index is 0.323. The smallest absolute Gasteiger partial charge is 0.155 e. The molecule has 0 N–H and O–H groups in total. The fourth-order valence-corrected chi connectivity index (χ4v) is 8.46. The summed E-state index contributed by atoms with van der Waals surface area (Å²) in [6.45, 7) is 14.0. The summed E-state index contributed by atoms with van der Waals surface area (Å²) < 4.78 is 0. The molecular formula is C27H42O. The van der Waals surface area contributed by atoms with Crippen molar-refractivity contribution in [2.45, 2.75) is 98.3 Å². The van der Waals surface area contributed by atoms with Crippen molar-refractivity contribution in [2.24, 2.45) is 40.4 Å². The average molecular weight is 383 g/mol. The van der Waals surface area contributed by atoms with Gasteiger partial charge in [-0.1, -0.05) is 38.3 Å². The van der Waals surface area contributed by atoms with Crippen molar-refractivity contribution in [3.8, 4) is 0 Å². The molecule has 1 heteroatoms. The summed E-state index contributed by atoms with van der Waals surface area (Å²) in [5.41, 5.74) is 3.74. The van der Waals surface area contributed by atoms with Gasteiger partial charge in [0.25, 0.3) is 0 Å². The molecule has 0 aromatic heterocycles. The molecule has 0 bridgehead atoms. The topological polar surface area (TPSA) is 17.1 Å². The van der Waals surface area contributed by atoms with Crippen molar-refractivity contribution in [3.05, 3.63) is 23.8 Å². The maximum Gasteiger partial charge on any atom is 0.155 e. The molecule has 3 fully saturated rings. The van der Waals surface area contributed by atoms with Gasteiger partial charge in [0.05, 0.1) is 0 Å². The number of hydrogen-bond acceptors (Lipinski definition) is 1. The van der Waals surface area contributed by atoms with E-state index in [0.717, 1.165) is 42.4 Å². The Balaban J connectivity index is 1.50. The Morgan fingerprint density at radius 3 is 2.68 bits per heavy atom. The van der Waals surface area contributed by atoms with Gasteiger partial charge in [-0.05, 0) is 111 Å². The SMILES string of the molecule is C=C(C)CCC[C@@H](C)[C@H]1CC[C@H]2[C@@H]3CCC4=CC(=O)CC[C@]4(C)[C@H]3CC[C@]12C. The molecule has 0 aliphatic heterocycles. The Labute approximate surface area is 173 Å². The lowest BCUT2D eigenvalue weighted by molar-refractivity contribution is -0.117. The zero-order valence-corrected chi connectivity index (χ0v) is 18.9. The summed E-state index contributed by atoms with van der Waals surface area (Å²) in [7, 11) is 0. The van der Waals surface area contributed by atoms with Crippen LogP contribution in [0.15, 0.2) is 23.8 Å². The van der Waals surface area contributed by atoms with Crippen LogP contribution in [0.3, 0.4) is 0 Å². The summed E-state index contributed by atoms with van der Waals surface area (Å²) in [5, 5.41) is 0. The van der Waals surface area contributed by atoms with E-state index in [1.54, 1.807) is 0 Å². The van der Waals surface area contributed by atoms with E-state index in [2.05, 4.69) is 40.3 Å². The van der Waals surface area contributed by atoms with Crippen molar-refractivity contribution in [1.82, 2.24) is 0 Å². The molecule has 4 aliphatic rings. The summed E-state index contributed by atoms with van der Waals surface area (Å²) in [6, 6.07) is 0. The van der Waals surface area contributed by atoms with Crippen LogP contribution in [0.5, 0.6) is 0 Å². The molecule has 0 radical (unpaired) electrons. The van der Waals surface area contributed by atoms with E-state index >= 15 is 0 Å². The molecule has 4 rings (SSSR count). The average Bonchev–Trinajstić information content (AvgIpc) is 2.99. The normalized spacial score (nSPS) is 43.6. The lowest BCUT2D eigenvalue weighted by Gasteiger charge is -2.58. The van der Waals surface area contributed by atoms with Crippen molar-refractivity contribution in [1.29, 1.82) is 0 Å². The second-order valence-electron chi connectivity index (χ2n) is 11.5. The van der Waals surface area contributed by atoms with Gasteiger partial charge in [-0.15, -0.1) is 6.58 Å². The van der Waals surface area contributed by atoms with Gasteiger partial charge in [0.2, 0.25) is 0 Å². The zero-order chi connectivity index (χ0) is 20.1. The van der Waals surface area contributed by atoms with Gasteiger partial charge in [-0.3, -0.25) is 4.79 Å². The third-order valence-corrected chi connectivity index (χ3v) is 9.99. The van der Waals surface area contributed by atoms with Crippen LogP contribution in [-0.2, 0) is 4.79 Å². The second-order valence-corrected chi connectivity index (χ2v) is 11.5. The first kappa shape index (κ1) is 20.4. The van der Waals surface area contributed by atoms with Gasteiger partial charge in [0.15, 0.2) is 5.78 Å². The highest BCUT2D eigenvalue weighted by Crippen LogP contribution is 2.67. The first-order chi connectivity index (χ1) is 13.3. The summed E-state index contributed by atoms with van der Waals surface area (Å²) >= 11 is 0. The first-order valence-corrected chi connectivity index (χ1v) is 12.1. The number of rotatable bonds is 5. The molecule has 0 unspecified atom stereocenters. The maximum absolute atomic E-state index is 12.0. The molecule has 0 aromatic rings. The molecule has 0 heterocycles. The van der Waals surface area contributed by atoms with Gasteiger partial charge < -0.3 is 0 Å². The molecule has 7 atom stereocenters. The van der Waals surface area contributed by atoms with Crippen molar-refractivity contribution < 1.29 is 4.79 Å². The monoisotopic (exact) mass is 382 g/mol. The second kappa shape index (κ2) is 7.44. The molecule has 28 heavy (non-hydrogen) atoms. The fourth-order valence-electron chi connectivity index (χ4n) is 8.46. The third kappa shape index (κ3) is 3.25. The maximum atomic E-state index is 12.0. The highest BCUT2D eigenvalue weighted by atomic mass is 16.1. The van der Waals surface area contributed by atoms with E-state index in [4.69, 9.17) is 0 Å². The number of ketones is 1. The van der Waals surface area contributed by atoms with E-state index in [1.807, 2.05) is 0 Å². The van der Waals surface area contributed by atoms with Gasteiger partial charge >= 0.3 is 0 Å². The van der Waals surface area contributed by atoms with Crippen molar-refractivity contribution in [2.75, 3.05) is 0 Å². The van der Waals surface area contributed by atoms with Gasteiger partial charge in [0, 0.05) is 6.42 Å². The Morgan fingerprint density at radius 2 is 1.93 bits per heavy atom. The minimum Gasteiger partial charge on any atom is -0.295 e. The molecule has 1 nitrogen and oxygen atoms in total. The predicted molar refractivity (Wildman–Crippen MR) is 118 cm³/mol. The number of carbonyl (C=O) groups excluding carboxylic acids is 1. The fraction of sp³-hybridized carbons (Fsp3) is 0.815. The summed E-state index contributed by atoms with van der Waals surface area (Å²) in [4.78, 5) is 12.0. The molecule has 0 spiro atoms. The highest BCUT2D eigenvalue weighted by Gasteiger charge is 2.59. The largest absolute Gasteiger partial charge is 0.295 e. The quantitative estimate of drug-likeness (QED) is 0.449. The van der Waals surface area contributed by atoms with Crippen LogP contribution in [0.4, 0.5) is 0 Å². The Kier molecular flexibility index (Phi) is 5.43. The number of allylic oxidation sites excluding steroid dienone is 2. The van der Waals surface area contributed by atoms with Crippen molar-refractivity contribution >= 4 is 5.78 Å². The van der Waals surface area contributed by atoms with Crippen LogP contribution in [0.2, 0.25) is 0 Å². The Bertz CT molecular complexity index is 672.